The van der Waals surface area contributed by atoms with Gasteiger partial charge >= 0.3 is 0 Å². The number of hydrogen-bond donors (Lipinski definition) is 2. The van der Waals surface area contributed by atoms with E-state index in [4.69, 9.17) is 0 Å². The third-order valence-electron chi connectivity index (χ3n) is 2.44. The number of carbonyl (C=O) groups excluding carboxylic acids is 1. The van der Waals surface area contributed by atoms with Gasteiger partial charge in [-0.3, -0.25) is 4.79 Å². The van der Waals surface area contributed by atoms with Crippen LogP contribution in [0.3, 0.4) is 0 Å². The molecule has 3 nitrogen and oxygen atoms in total. The summed E-state index contributed by atoms with van der Waals surface area (Å²) in [4.78, 5) is 11.3. The van der Waals surface area contributed by atoms with Gasteiger partial charge < -0.3 is 10.6 Å². The summed E-state index contributed by atoms with van der Waals surface area (Å²) in [6.07, 6.45) is 4.00. The molecule has 1 fully saturated rings. The molecule has 0 bridgehead atoms. The van der Waals surface area contributed by atoms with Crippen molar-refractivity contribution in [3.63, 3.8) is 0 Å². The lowest BCUT2D eigenvalue weighted by molar-refractivity contribution is -0.122. The molecule has 3 heteroatoms. The monoisotopic (exact) mass is 184 g/mol. The van der Waals surface area contributed by atoms with Gasteiger partial charge in [-0.05, 0) is 32.7 Å². The van der Waals surface area contributed by atoms with Gasteiger partial charge in [0.2, 0.25) is 5.91 Å². The number of amides is 1. The van der Waals surface area contributed by atoms with E-state index < -0.39 is 0 Å². The maximum atomic E-state index is 11.3. The predicted octanol–water partition coefficient (Wildman–Crippen LogP) is 0.901. The van der Waals surface area contributed by atoms with E-state index in [2.05, 4.69) is 10.6 Å². The van der Waals surface area contributed by atoms with Gasteiger partial charge in [0.25, 0.3) is 0 Å². The van der Waals surface area contributed by atoms with Crippen molar-refractivity contribution >= 4 is 5.91 Å². The zero-order chi connectivity index (χ0) is 9.68. The summed E-state index contributed by atoms with van der Waals surface area (Å²) in [6.45, 7) is 5.54. The number of carbonyl (C=O) groups is 1. The van der Waals surface area contributed by atoms with Crippen LogP contribution in [-0.2, 0) is 4.79 Å². The van der Waals surface area contributed by atoms with Gasteiger partial charge in [0.15, 0.2) is 0 Å². The fourth-order valence-corrected chi connectivity index (χ4v) is 1.33. The van der Waals surface area contributed by atoms with E-state index in [1.807, 2.05) is 13.8 Å². The van der Waals surface area contributed by atoms with Gasteiger partial charge in [-0.1, -0.05) is 12.8 Å². The third kappa shape index (κ3) is 4.27. The molecule has 0 spiro atoms. The van der Waals surface area contributed by atoms with Crippen molar-refractivity contribution in [1.82, 2.24) is 10.6 Å². The normalized spacial score (nSPS) is 18.3. The van der Waals surface area contributed by atoms with Crippen molar-refractivity contribution in [2.45, 2.75) is 39.2 Å². The maximum absolute atomic E-state index is 11.3. The molecule has 2 N–H and O–H groups in total. The molecule has 0 radical (unpaired) electrons. The first-order valence-corrected chi connectivity index (χ1v) is 5.25. The highest BCUT2D eigenvalue weighted by Gasteiger charge is 2.21. The molecule has 0 aliphatic heterocycles. The van der Waals surface area contributed by atoms with E-state index in [0.717, 1.165) is 12.5 Å². The van der Waals surface area contributed by atoms with E-state index in [-0.39, 0.29) is 11.9 Å². The third-order valence-corrected chi connectivity index (χ3v) is 2.44. The molecule has 13 heavy (non-hydrogen) atoms. The van der Waals surface area contributed by atoms with Crippen molar-refractivity contribution in [3.05, 3.63) is 0 Å². The number of rotatable bonds is 6. The summed E-state index contributed by atoms with van der Waals surface area (Å²) in [5, 5.41) is 6.02. The molecular formula is C10H20N2O. The Morgan fingerprint density at radius 3 is 2.77 bits per heavy atom. The minimum Gasteiger partial charge on any atom is -0.355 e. The van der Waals surface area contributed by atoms with Gasteiger partial charge in [0, 0.05) is 6.54 Å². The largest absolute Gasteiger partial charge is 0.355 e. The second-order valence-electron chi connectivity index (χ2n) is 3.80. The Labute approximate surface area is 80.3 Å². The summed E-state index contributed by atoms with van der Waals surface area (Å²) >= 11 is 0. The lowest BCUT2D eigenvalue weighted by Crippen LogP contribution is -2.42. The van der Waals surface area contributed by atoms with Crippen LogP contribution in [0.5, 0.6) is 0 Å². The van der Waals surface area contributed by atoms with E-state index in [1.165, 1.54) is 19.3 Å². The quantitative estimate of drug-likeness (QED) is 0.644. The zero-order valence-electron chi connectivity index (χ0n) is 8.60. The van der Waals surface area contributed by atoms with Crippen LogP contribution in [0.15, 0.2) is 0 Å². The molecule has 1 unspecified atom stereocenters. The molecule has 1 aliphatic rings. The topological polar surface area (TPSA) is 41.1 Å². The highest BCUT2D eigenvalue weighted by atomic mass is 16.2. The minimum absolute atomic E-state index is 0.0429. The summed E-state index contributed by atoms with van der Waals surface area (Å²) in [5.41, 5.74) is 0. The Morgan fingerprint density at radius 1 is 1.54 bits per heavy atom. The van der Waals surface area contributed by atoms with E-state index >= 15 is 0 Å². The van der Waals surface area contributed by atoms with Crippen LogP contribution in [0.1, 0.15) is 33.1 Å². The number of likely N-dealkylation sites (N-methyl/N-ethyl adjacent to an activating group) is 1. The zero-order valence-corrected chi connectivity index (χ0v) is 8.60. The van der Waals surface area contributed by atoms with Crippen molar-refractivity contribution in [2.24, 2.45) is 5.92 Å². The molecule has 76 valence electrons. The lowest BCUT2D eigenvalue weighted by atomic mass is 10.2. The number of nitrogens with one attached hydrogen (secondary N) is 2. The molecule has 1 amide bonds. The van der Waals surface area contributed by atoms with Gasteiger partial charge in [0.05, 0.1) is 6.04 Å². The van der Waals surface area contributed by atoms with Crippen LogP contribution >= 0.6 is 0 Å². The Balaban J connectivity index is 2.01. The Bertz CT molecular complexity index is 166. The fourth-order valence-electron chi connectivity index (χ4n) is 1.33. The van der Waals surface area contributed by atoms with Crippen LogP contribution in [0.25, 0.3) is 0 Å². The average Bonchev–Trinajstić information content (AvgIpc) is 2.88. The van der Waals surface area contributed by atoms with E-state index in [9.17, 15) is 4.79 Å². The van der Waals surface area contributed by atoms with E-state index in [0.29, 0.717) is 6.54 Å². The van der Waals surface area contributed by atoms with Gasteiger partial charge in [-0.15, -0.1) is 0 Å². The van der Waals surface area contributed by atoms with Crippen molar-refractivity contribution < 1.29 is 4.79 Å². The molecule has 0 heterocycles. The summed E-state index contributed by atoms with van der Waals surface area (Å²) < 4.78 is 0. The molecular weight excluding hydrogens is 164 g/mol. The maximum Gasteiger partial charge on any atom is 0.236 e. The first-order valence-electron chi connectivity index (χ1n) is 5.25. The molecule has 1 atom stereocenters. The summed E-state index contributed by atoms with van der Waals surface area (Å²) in [5.74, 6) is 1.05. The smallest absolute Gasteiger partial charge is 0.236 e. The van der Waals surface area contributed by atoms with Crippen LogP contribution < -0.4 is 10.6 Å². The van der Waals surface area contributed by atoms with Crippen LogP contribution in [0.4, 0.5) is 0 Å². The first-order chi connectivity index (χ1) is 6.24. The van der Waals surface area contributed by atoms with Crippen LogP contribution in [0, 0.1) is 5.92 Å². The Hall–Kier alpha value is -0.570. The molecule has 1 rings (SSSR count). The van der Waals surface area contributed by atoms with E-state index in [1.54, 1.807) is 0 Å². The lowest BCUT2D eigenvalue weighted by Gasteiger charge is -2.12. The van der Waals surface area contributed by atoms with Gasteiger partial charge in [-0.25, -0.2) is 0 Å². The fraction of sp³-hybridized carbons (Fsp3) is 0.900. The second kappa shape index (κ2) is 5.22. The van der Waals surface area contributed by atoms with Crippen molar-refractivity contribution in [1.29, 1.82) is 0 Å². The highest BCUT2D eigenvalue weighted by molar-refractivity contribution is 5.81. The first kappa shape index (κ1) is 10.5. The van der Waals surface area contributed by atoms with Gasteiger partial charge in [0.1, 0.15) is 0 Å². The highest BCUT2D eigenvalue weighted by Crippen LogP contribution is 2.31. The Morgan fingerprint density at radius 2 is 2.23 bits per heavy atom. The molecule has 0 aromatic heterocycles. The summed E-state index contributed by atoms with van der Waals surface area (Å²) in [7, 11) is 0. The SMILES string of the molecule is CCNC(=O)C(C)NCCC1CC1. The molecule has 0 saturated heterocycles. The minimum atomic E-state index is -0.0429. The van der Waals surface area contributed by atoms with Gasteiger partial charge in [-0.2, -0.15) is 0 Å². The number of hydrogen-bond acceptors (Lipinski definition) is 2. The molecule has 0 aromatic carbocycles. The van der Waals surface area contributed by atoms with Crippen molar-refractivity contribution in [2.75, 3.05) is 13.1 Å². The molecule has 1 aliphatic carbocycles. The molecule has 0 aromatic rings. The standard InChI is InChI=1S/C10H20N2O/c1-3-11-10(13)8(2)12-7-6-9-4-5-9/h8-9,12H,3-7H2,1-2H3,(H,11,13). The molecule has 1 saturated carbocycles. The van der Waals surface area contributed by atoms with Crippen molar-refractivity contribution in [3.8, 4) is 0 Å². The second-order valence-corrected chi connectivity index (χ2v) is 3.80. The van der Waals surface area contributed by atoms with Crippen LogP contribution in [0.2, 0.25) is 0 Å². The summed E-state index contributed by atoms with van der Waals surface area (Å²) in [6, 6.07) is -0.0429. The average molecular weight is 184 g/mol. The Kier molecular flexibility index (Phi) is 4.22. The van der Waals surface area contributed by atoms with Crippen LogP contribution in [-0.4, -0.2) is 25.0 Å². The predicted molar refractivity (Wildman–Crippen MR) is 53.5 cm³/mol.